The van der Waals surface area contributed by atoms with E-state index >= 15 is 0 Å². The van der Waals surface area contributed by atoms with Crippen LogP contribution in [-0.2, 0) is 0 Å². The van der Waals surface area contributed by atoms with Crippen LogP contribution in [0, 0.1) is 22.7 Å². The summed E-state index contributed by atoms with van der Waals surface area (Å²) in [5.41, 5.74) is 4.50. The van der Waals surface area contributed by atoms with E-state index in [4.69, 9.17) is 10.5 Å². The number of nitrogens with zero attached hydrogens (tertiary/aromatic N) is 3. The Hall–Kier alpha value is -4.38. The first-order chi connectivity index (χ1) is 15.8. The van der Waals surface area contributed by atoms with Crippen LogP contribution in [0.25, 0.3) is 18.2 Å². The van der Waals surface area contributed by atoms with Gasteiger partial charge in [-0.15, -0.1) is 11.3 Å². The second-order valence-electron chi connectivity index (χ2n) is 6.95. The predicted octanol–water partition coefficient (Wildman–Crippen LogP) is 7.82. The topological polar surface area (TPSA) is 50.8 Å². The highest BCUT2D eigenvalue weighted by Crippen LogP contribution is 2.34. The number of allylic oxidation sites excluding steroid dienone is 1. The summed E-state index contributed by atoms with van der Waals surface area (Å²) in [6.45, 7) is 0. The van der Waals surface area contributed by atoms with Crippen molar-refractivity contribution in [2.24, 2.45) is 0 Å². The number of para-hydroxylation sites is 2. The summed E-state index contributed by atoms with van der Waals surface area (Å²) in [5, 5.41) is 17.8. The van der Waals surface area contributed by atoms with Crippen molar-refractivity contribution in [3.63, 3.8) is 0 Å². The molecule has 0 aliphatic rings. The average Bonchev–Trinajstić information content (AvgIpc) is 3.31. The molecule has 0 saturated heterocycles. The summed E-state index contributed by atoms with van der Waals surface area (Å²) in [6, 6.07) is 36.8. The van der Waals surface area contributed by atoms with Gasteiger partial charge in [0.25, 0.3) is 0 Å². The minimum atomic E-state index is 0.111. The number of thiophene rings is 1. The second kappa shape index (κ2) is 10.1. The van der Waals surface area contributed by atoms with Crippen molar-refractivity contribution in [3.8, 4) is 12.1 Å². The van der Waals surface area contributed by atoms with Crippen LogP contribution in [0.5, 0.6) is 0 Å². The molecule has 0 amide bonds. The van der Waals surface area contributed by atoms with Gasteiger partial charge in [-0.25, -0.2) is 0 Å². The third kappa shape index (κ3) is 5.02. The molecule has 0 bridgehead atoms. The van der Waals surface area contributed by atoms with Crippen molar-refractivity contribution in [2.45, 2.75) is 0 Å². The molecule has 0 aliphatic carbocycles. The molecule has 1 aromatic heterocycles. The predicted molar refractivity (Wildman–Crippen MR) is 134 cm³/mol. The minimum absolute atomic E-state index is 0.111. The van der Waals surface area contributed by atoms with Crippen molar-refractivity contribution in [3.05, 3.63) is 118 Å². The Morgan fingerprint density at radius 3 is 1.72 bits per heavy atom. The molecule has 3 nitrogen and oxygen atoms in total. The number of hydrogen-bond donors (Lipinski definition) is 0. The van der Waals surface area contributed by atoms with Crippen LogP contribution in [-0.4, -0.2) is 0 Å². The van der Waals surface area contributed by atoms with Crippen LogP contribution >= 0.6 is 11.3 Å². The molecule has 0 radical (unpaired) electrons. The first-order valence-electron chi connectivity index (χ1n) is 10.1. The van der Waals surface area contributed by atoms with Gasteiger partial charge in [-0.3, -0.25) is 0 Å². The highest BCUT2D eigenvalue weighted by Gasteiger charge is 2.11. The van der Waals surface area contributed by atoms with E-state index in [1.165, 1.54) is 0 Å². The summed E-state index contributed by atoms with van der Waals surface area (Å²) < 4.78 is 0. The molecule has 4 rings (SSSR count). The fourth-order valence-electron chi connectivity index (χ4n) is 3.28. The monoisotopic (exact) mass is 429 g/mol. The van der Waals surface area contributed by atoms with E-state index < -0.39 is 0 Å². The third-order valence-electron chi connectivity index (χ3n) is 4.80. The van der Waals surface area contributed by atoms with Gasteiger partial charge in [0.2, 0.25) is 0 Å². The van der Waals surface area contributed by atoms with Gasteiger partial charge in [0.05, 0.1) is 0 Å². The van der Waals surface area contributed by atoms with E-state index in [1.807, 2.05) is 66.7 Å². The van der Waals surface area contributed by atoms with Crippen molar-refractivity contribution in [1.29, 1.82) is 10.5 Å². The van der Waals surface area contributed by atoms with E-state index in [-0.39, 0.29) is 5.57 Å². The fraction of sp³-hybridized carbons (Fsp3) is 0. The van der Waals surface area contributed by atoms with E-state index in [0.717, 1.165) is 32.4 Å². The Balaban J connectivity index is 1.56. The lowest BCUT2D eigenvalue weighted by Gasteiger charge is -2.25. The molecule has 0 aliphatic heterocycles. The molecule has 0 spiro atoms. The Morgan fingerprint density at radius 2 is 1.16 bits per heavy atom. The average molecular weight is 430 g/mol. The van der Waals surface area contributed by atoms with Crippen molar-refractivity contribution in [1.82, 2.24) is 0 Å². The fourth-order valence-corrected chi connectivity index (χ4v) is 4.14. The standard InChI is InChI=1S/C28H19N3S/c29-20-23(21-30)19-28-18-17-27(32-28)16-13-22-11-14-26(15-12-22)31(24-7-3-1-4-8-24)25-9-5-2-6-10-25/h1-19H/b16-13+. The molecule has 3 aromatic carbocycles. The molecule has 152 valence electrons. The molecule has 32 heavy (non-hydrogen) atoms. The summed E-state index contributed by atoms with van der Waals surface area (Å²) in [5.74, 6) is 0. The molecular weight excluding hydrogens is 410 g/mol. The molecule has 0 fully saturated rings. The van der Waals surface area contributed by atoms with E-state index in [2.05, 4.69) is 59.5 Å². The SMILES string of the molecule is N#CC(C#N)=Cc1ccc(/C=C/c2ccc(N(c3ccccc3)c3ccccc3)cc2)s1. The van der Waals surface area contributed by atoms with Gasteiger partial charge in [-0.05, 0) is 66.2 Å². The van der Waals surface area contributed by atoms with Crippen molar-refractivity contribution < 1.29 is 0 Å². The van der Waals surface area contributed by atoms with Gasteiger partial charge in [0.15, 0.2) is 0 Å². The summed E-state index contributed by atoms with van der Waals surface area (Å²) >= 11 is 1.54. The van der Waals surface area contributed by atoms with Gasteiger partial charge >= 0.3 is 0 Å². The van der Waals surface area contributed by atoms with Gasteiger partial charge in [-0.1, -0.05) is 54.6 Å². The summed E-state index contributed by atoms with van der Waals surface area (Å²) in [6.07, 6.45) is 5.72. The number of rotatable bonds is 6. The van der Waals surface area contributed by atoms with E-state index in [9.17, 15) is 0 Å². The molecular formula is C28H19N3S. The van der Waals surface area contributed by atoms with Gasteiger partial charge in [0, 0.05) is 26.8 Å². The Kier molecular flexibility index (Phi) is 6.58. The lowest BCUT2D eigenvalue weighted by Crippen LogP contribution is -2.09. The smallest absolute Gasteiger partial charge is 0.131 e. The first-order valence-corrected chi connectivity index (χ1v) is 10.9. The Morgan fingerprint density at radius 1 is 0.625 bits per heavy atom. The maximum absolute atomic E-state index is 8.90. The van der Waals surface area contributed by atoms with Crippen molar-refractivity contribution in [2.75, 3.05) is 4.90 Å². The highest BCUT2D eigenvalue weighted by atomic mass is 32.1. The summed E-state index contributed by atoms with van der Waals surface area (Å²) in [4.78, 5) is 4.18. The zero-order valence-electron chi connectivity index (χ0n) is 17.2. The lowest BCUT2D eigenvalue weighted by molar-refractivity contribution is 1.28. The Labute approximate surface area is 192 Å². The van der Waals surface area contributed by atoms with Crippen LogP contribution in [0.15, 0.2) is 103 Å². The highest BCUT2D eigenvalue weighted by molar-refractivity contribution is 7.13. The Bertz CT molecular complexity index is 1260. The first kappa shape index (κ1) is 20.9. The molecule has 1 heterocycles. The normalized spacial score (nSPS) is 10.3. The summed E-state index contributed by atoms with van der Waals surface area (Å²) in [7, 11) is 0. The number of benzene rings is 3. The van der Waals surface area contributed by atoms with Gasteiger partial charge in [0.1, 0.15) is 17.7 Å². The maximum Gasteiger partial charge on any atom is 0.131 e. The van der Waals surface area contributed by atoms with Crippen LogP contribution in [0.2, 0.25) is 0 Å². The van der Waals surface area contributed by atoms with E-state index in [0.29, 0.717) is 0 Å². The van der Waals surface area contributed by atoms with Gasteiger partial charge < -0.3 is 4.90 Å². The molecule has 0 unspecified atom stereocenters. The molecule has 4 aromatic rings. The molecule has 4 heteroatoms. The van der Waals surface area contributed by atoms with Crippen LogP contribution in [0.4, 0.5) is 17.1 Å². The number of nitriles is 2. The minimum Gasteiger partial charge on any atom is -0.311 e. The van der Waals surface area contributed by atoms with Crippen molar-refractivity contribution >= 4 is 46.6 Å². The number of hydrogen-bond acceptors (Lipinski definition) is 4. The molecule has 0 atom stereocenters. The molecule has 0 saturated carbocycles. The quantitative estimate of drug-likeness (QED) is 0.294. The number of anilines is 3. The van der Waals surface area contributed by atoms with Crippen LogP contribution in [0.1, 0.15) is 15.3 Å². The molecule has 0 N–H and O–H groups in total. The maximum atomic E-state index is 8.90. The largest absolute Gasteiger partial charge is 0.311 e. The van der Waals surface area contributed by atoms with Gasteiger partial charge in [-0.2, -0.15) is 10.5 Å². The zero-order chi connectivity index (χ0) is 22.2. The van der Waals surface area contributed by atoms with E-state index in [1.54, 1.807) is 17.4 Å². The van der Waals surface area contributed by atoms with Crippen LogP contribution in [0.3, 0.4) is 0 Å². The zero-order valence-corrected chi connectivity index (χ0v) is 18.0. The van der Waals surface area contributed by atoms with Crippen LogP contribution < -0.4 is 4.90 Å². The second-order valence-corrected chi connectivity index (χ2v) is 8.10. The third-order valence-corrected chi connectivity index (χ3v) is 5.79. The lowest BCUT2D eigenvalue weighted by atomic mass is 10.1.